The van der Waals surface area contributed by atoms with Gasteiger partial charge in [-0.15, -0.1) is 0 Å². The largest absolute Gasteiger partial charge is 0.497 e. The third kappa shape index (κ3) is 4.51. The highest BCUT2D eigenvalue weighted by Crippen LogP contribution is 2.22. The summed E-state index contributed by atoms with van der Waals surface area (Å²) in [7, 11) is 1.65. The first-order chi connectivity index (χ1) is 7.42. The topological polar surface area (TPSA) is 41.5 Å². The van der Waals surface area contributed by atoms with E-state index in [1.54, 1.807) is 21.0 Å². The number of nitrogens with one attached hydrogen (secondary N) is 1. The Balaban J connectivity index is 2.59. The van der Waals surface area contributed by atoms with Gasteiger partial charge < -0.3 is 15.2 Å². The van der Waals surface area contributed by atoms with Crippen LogP contribution in [0.4, 0.5) is 0 Å². The minimum atomic E-state index is -0.689. The molecule has 0 radical (unpaired) electrons. The molecule has 90 valence electrons. The second-order valence-electron chi connectivity index (χ2n) is 4.37. The summed E-state index contributed by atoms with van der Waals surface area (Å²) in [6.45, 7) is 4.81. The van der Waals surface area contributed by atoms with E-state index in [9.17, 15) is 5.11 Å². The van der Waals surface area contributed by atoms with E-state index in [0.717, 1.165) is 15.8 Å². The van der Waals surface area contributed by atoms with Crippen LogP contribution in [0.1, 0.15) is 19.4 Å². The van der Waals surface area contributed by atoms with E-state index in [0.29, 0.717) is 13.1 Å². The highest BCUT2D eigenvalue weighted by atomic mass is 79.9. The fourth-order valence-electron chi connectivity index (χ4n) is 1.32. The molecule has 1 aromatic rings. The fraction of sp³-hybridized carbons (Fsp3) is 0.500. The highest BCUT2D eigenvalue weighted by molar-refractivity contribution is 9.10. The zero-order chi connectivity index (χ0) is 12.2. The molecule has 0 saturated carbocycles. The summed E-state index contributed by atoms with van der Waals surface area (Å²) in [5.41, 5.74) is 0.425. The molecule has 1 rings (SSSR count). The monoisotopic (exact) mass is 287 g/mol. The summed E-state index contributed by atoms with van der Waals surface area (Å²) in [6.07, 6.45) is 0. The van der Waals surface area contributed by atoms with Crippen LogP contribution >= 0.6 is 15.9 Å². The second kappa shape index (κ2) is 5.66. The van der Waals surface area contributed by atoms with E-state index in [1.165, 1.54) is 0 Å². The first-order valence-corrected chi connectivity index (χ1v) is 5.97. The normalized spacial score (nSPS) is 11.6. The molecule has 0 amide bonds. The SMILES string of the molecule is COc1ccc(Br)c(CNCC(C)(C)O)c1. The minimum absolute atomic E-state index is 0.552. The van der Waals surface area contributed by atoms with E-state index in [-0.39, 0.29) is 0 Å². The molecule has 0 unspecified atom stereocenters. The van der Waals surface area contributed by atoms with Gasteiger partial charge in [-0.2, -0.15) is 0 Å². The molecule has 0 bridgehead atoms. The lowest BCUT2D eigenvalue weighted by Crippen LogP contribution is -2.34. The van der Waals surface area contributed by atoms with E-state index in [4.69, 9.17) is 4.74 Å². The van der Waals surface area contributed by atoms with Crippen molar-refractivity contribution in [2.75, 3.05) is 13.7 Å². The number of benzene rings is 1. The smallest absolute Gasteiger partial charge is 0.119 e. The van der Waals surface area contributed by atoms with E-state index in [1.807, 2.05) is 18.2 Å². The van der Waals surface area contributed by atoms with Gasteiger partial charge in [0.15, 0.2) is 0 Å². The Hall–Kier alpha value is -0.580. The van der Waals surface area contributed by atoms with Crippen LogP contribution in [0.15, 0.2) is 22.7 Å². The van der Waals surface area contributed by atoms with Gasteiger partial charge in [-0.3, -0.25) is 0 Å². The Morgan fingerprint density at radius 1 is 1.44 bits per heavy atom. The maximum absolute atomic E-state index is 9.57. The molecule has 0 aliphatic rings. The highest BCUT2D eigenvalue weighted by Gasteiger charge is 2.11. The average Bonchev–Trinajstić information content (AvgIpc) is 2.19. The summed E-state index contributed by atoms with van der Waals surface area (Å²) in [5.74, 6) is 0.836. The molecule has 16 heavy (non-hydrogen) atoms. The van der Waals surface area contributed by atoms with Crippen LogP contribution in [0.3, 0.4) is 0 Å². The lowest BCUT2D eigenvalue weighted by molar-refractivity contribution is 0.0795. The zero-order valence-corrected chi connectivity index (χ0v) is 11.5. The Morgan fingerprint density at radius 2 is 2.12 bits per heavy atom. The van der Waals surface area contributed by atoms with Crippen molar-refractivity contribution in [1.82, 2.24) is 5.32 Å². The Labute approximate surface area is 105 Å². The van der Waals surface area contributed by atoms with Gasteiger partial charge in [0.1, 0.15) is 5.75 Å². The van der Waals surface area contributed by atoms with Gasteiger partial charge in [-0.1, -0.05) is 15.9 Å². The molecule has 0 heterocycles. The van der Waals surface area contributed by atoms with Gasteiger partial charge in [-0.25, -0.2) is 0 Å². The predicted octanol–water partition coefficient (Wildman–Crippen LogP) is 2.32. The van der Waals surface area contributed by atoms with Gasteiger partial charge in [-0.05, 0) is 37.6 Å². The van der Waals surface area contributed by atoms with Crippen molar-refractivity contribution in [1.29, 1.82) is 0 Å². The minimum Gasteiger partial charge on any atom is -0.497 e. The van der Waals surface area contributed by atoms with Crippen LogP contribution in [-0.2, 0) is 6.54 Å². The van der Waals surface area contributed by atoms with E-state index < -0.39 is 5.60 Å². The van der Waals surface area contributed by atoms with Gasteiger partial charge in [0.2, 0.25) is 0 Å². The lowest BCUT2D eigenvalue weighted by Gasteiger charge is -2.18. The Morgan fingerprint density at radius 3 is 2.69 bits per heavy atom. The van der Waals surface area contributed by atoms with Crippen molar-refractivity contribution in [3.63, 3.8) is 0 Å². The van der Waals surface area contributed by atoms with Crippen molar-refractivity contribution in [2.45, 2.75) is 26.0 Å². The van der Waals surface area contributed by atoms with Crippen molar-refractivity contribution >= 4 is 15.9 Å². The Bertz CT molecular complexity index is 347. The summed E-state index contributed by atoms with van der Waals surface area (Å²) >= 11 is 3.48. The van der Waals surface area contributed by atoms with Gasteiger partial charge in [0.05, 0.1) is 12.7 Å². The van der Waals surface area contributed by atoms with Crippen LogP contribution < -0.4 is 10.1 Å². The number of rotatable bonds is 5. The van der Waals surface area contributed by atoms with Crippen LogP contribution in [0.25, 0.3) is 0 Å². The molecule has 0 aliphatic carbocycles. The quantitative estimate of drug-likeness (QED) is 0.873. The van der Waals surface area contributed by atoms with Crippen molar-refractivity contribution in [3.05, 3.63) is 28.2 Å². The molecule has 4 heteroatoms. The molecular formula is C12H18BrNO2. The van der Waals surface area contributed by atoms with Gasteiger partial charge in [0.25, 0.3) is 0 Å². The van der Waals surface area contributed by atoms with E-state index >= 15 is 0 Å². The summed E-state index contributed by atoms with van der Waals surface area (Å²) < 4.78 is 6.20. The Kier molecular flexibility index (Phi) is 4.77. The third-order valence-electron chi connectivity index (χ3n) is 2.13. The molecule has 0 aliphatic heterocycles. The summed E-state index contributed by atoms with van der Waals surface area (Å²) in [6, 6.07) is 5.84. The number of aliphatic hydroxyl groups is 1. The number of hydrogen-bond donors (Lipinski definition) is 2. The number of ether oxygens (including phenoxy) is 1. The second-order valence-corrected chi connectivity index (χ2v) is 5.23. The van der Waals surface area contributed by atoms with Gasteiger partial charge >= 0.3 is 0 Å². The first kappa shape index (κ1) is 13.5. The predicted molar refractivity (Wildman–Crippen MR) is 68.7 cm³/mol. The van der Waals surface area contributed by atoms with Crippen LogP contribution in [0.5, 0.6) is 5.75 Å². The lowest BCUT2D eigenvalue weighted by atomic mass is 10.1. The van der Waals surface area contributed by atoms with Crippen molar-refractivity contribution in [3.8, 4) is 5.75 Å². The molecular weight excluding hydrogens is 270 g/mol. The summed E-state index contributed by atoms with van der Waals surface area (Å²) in [5, 5.41) is 12.8. The maximum Gasteiger partial charge on any atom is 0.119 e. The van der Waals surface area contributed by atoms with E-state index in [2.05, 4.69) is 21.2 Å². The molecule has 2 N–H and O–H groups in total. The first-order valence-electron chi connectivity index (χ1n) is 5.18. The van der Waals surface area contributed by atoms with Crippen LogP contribution in [0.2, 0.25) is 0 Å². The molecule has 0 aromatic heterocycles. The fourth-order valence-corrected chi connectivity index (χ4v) is 1.70. The number of methoxy groups -OCH3 is 1. The van der Waals surface area contributed by atoms with Crippen molar-refractivity contribution < 1.29 is 9.84 Å². The zero-order valence-electron chi connectivity index (χ0n) is 9.88. The van der Waals surface area contributed by atoms with Gasteiger partial charge in [0, 0.05) is 17.6 Å². The maximum atomic E-state index is 9.57. The molecule has 0 spiro atoms. The molecule has 0 fully saturated rings. The van der Waals surface area contributed by atoms with Crippen molar-refractivity contribution in [2.24, 2.45) is 0 Å². The third-order valence-corrected chi connectivity index (χ3v) is 2.90. The molecule has 0 saturated heterocycles. The number of halogens is 1. The summed E-state index contributed by atoms with van der Waals surface area (Å²) in [4.78, 5) is 0. The molecule has 3 nitrogen and oxygen atoms in total. The van der Waals surface area contributed by atoms with Crippen LogP contribution in [0, 0.1) is 0 Å². The van der Waals surface area contributed by atoms with Crippen LogP contribution in [-0.4, -0.2) is 24.4 Å². The molecule has 0 atom stereocenters. The average molecular weight is 288 g/mol. The molecule has 1 aromatic carbocycles. The standard InChI is InChI=1S/C12H18BrNO2/c1-12(2,15)8-14-7-9-6-10(16-3)4-5-11(9)13/h4-6,14-15H,7-8H2,1-3H3. The number of hydrogen-bond acceptors (Lipinski definition) is 3.